The topological polar surface area (TPSA) is 179 Å². The standard InChI is InChI=1S/C26H22N4O6S4/c27-39(33,34)23-11-7-19(8-12-23)29-25(31)17-3-1-5-21(15-17)37-38-22-6-2-4-18(16-22)26(32)30-20-9-13-24(14-10-20)40(28,35)36/h1-16H,(H,29,31)(H,30,32)(H2,27,33,34)(H2,28,35,36). The number of anilines is 2. The molecule has 0 fully saturated rings. The van der Waals surface area contributed by atoms with Crippen LogP contribution in [0.25, 0.3) is 0 Å². The average molecular weight is 615 g/mol. The highest BCUT2D eigenvalue weighted by atomic mass is 33.1. The molecule has 0 heterocycles. The summed E-state index contributed by atoms with van der Waals surface area (Å²) in [5, 5.41) is 15.6. The molecule has 0 atom stereocenters. The Labute approximate surface area is 239 Å². The smallest absolute Gasteiger partial charge is 0.255 e. The molecule has 0 saturated carbocycles. The van der Waals surface area contributed by atoms with E-state index in [0.717, 1.165) is 9.79 Å². The predicted molar refractivity (Wildman–Crippen MR) is 156 cm³/mol. The second-order valence-electron chi connectivity index (χ2n) is 8.27. The van der Waals surface area contributed by atoms with Gasteiger partial charge >= 0.3 is 0 Å². The molecule has 4 rings (SSSR count). The number of hydrogen-bond acceptors (Lipinski definition) is 8. The lowest BCUT2D eigenvalue weighted by Gasteiger charge is -2.09. The zero-order valence-corrected chi connectivity index (χ0v) is 23.7. The van der Waals surface area contributed by atoms with Crippen LogP contribution in [-0.2, 0) is 20.0 Å². The highest BCUT2D eigenvalue weighted by Gasteiger charge is 2.12. The van der Waals surface area contributed by atoms with Gasteiger partial charge in [-0.15, -0.1) is 0 Å². The number of sulfonamides is 2. The SMILES string of the molecule is NS(=O)(=O)c1ccc(NC(=O)c2cccc(SSc3cccc(C(=O)Nc4ccc(S(N)(=O)=O)cc4)c3)c2)cc1. The number of nitrogens with one attached hydrogen (secondary N) is 2. The molecule has 0 spiro atoms. The number of hydrogen-bond donors (Lipinski definition) is 4. The van der Waals surface area contributed by atoms with Gasteiger partial charge in [-0.05, 0) is 84.9 Å². The number of amides is 2. The minimum atomic E-state index is -3.83. The van der Waals surface area contributed by atoms with Crippen LogP contribution in [-0.4, -0.2) is 28.6 Å². The Morgan fingerprint density at radius 1 is 0.550 bits per heavy atom. The molecule has 4 aromatic carbocycles. The van der Waals surface area contributed by atoms with Crippen LogP contribution in [0.4, 0.5) is 11.4 Å². The van der Waals surface area contributed by atoms with Gasteiger partial charge in [0, 0.05) is 32.3 Å². The second kappa shape index (κ2) is 12.2. The van der Waals surface area contributed by atoms with Gasteiger partial charge in [0.1, 0.15) is 0 Å². The minimum absolute atomic E-state index is 0.0544. The Morgan fingerprint density at radius 3 is 1.23 bits per heavy atom. The van der Waals surface area contributed by atoms with Crippen LogP contribution >= 0.6 is 21.6 Å². The molecule has 4 aromatic rings. The lowest BCUT2D eigenvalue weighted by Crippen LogP contribution is -2.14. The zero-order valence-electron chi connectivity index (χ0n) is 20.5. The van der Waals surface area contributed by atoms with E-state index in [4.69, 9.17) is 10.3 Å². The molecule has 206 valence electrons. The number of nitrogens with two attached hydrogens (primary N) is 2. The third-order valence-electron chi connectivity index (χ3n) is 5.31. The van der Waals surface area contributed by atoms with E-state index in [1.165, 1.54) is 70.1 Å². The molecule has 0 aliphatic carbocycles. The van der Waals surface area contributed by atoms with Crippen molar-refractivity contribution in [1.29, 1.82) is 0 Å². The summed E-state index contributed by atoms with van der Waals surface area (Å²) in [6.45, 7) is 0. The van der Waals surface area contributed by atoms with Crippen LogP contribution in [0.2, 0.25) is 0 Å². The van der Waals surface area contributed by atoms with Crippen molar-refractivity contribution in [3.8, 4) is 0 Å². The zero-order chi connectivity index (χ0) is 28.9. The molecule has 0 aromatic heterocycles. The van der Waals surface area contributed by atoms with Crippen LogP contribution in [0.3, 0.4) is 0 Å². The number of carbonyl (C=O) groups excluding carboxylic acids is 2. The van der Waals surface area contributed by atoms with Crippen molar-refractivity contribution in [2.75, 3.05) is 10.6 Å². The van der Waals surface area contributed by atoms with Crippen molar-refractivity contribution >= 4 is 64.8 Å². The Kier molecular flexibility index (Phi) is 8.98. The first-order valence-electron chi connectivity index (χ1n) is 11.3. The third-order valence-corrected chi connectivity index (χ3v) is 9.55. The predicted octanol–water partition coefficient (Wildman–Crippen LogP) is 4.29. The highest BCUT2D eigenvalue weighted by Crippen LogP contribution is 2.38. The van der Waals surface area contributed by atoms with E-state index in [1.54, 1.807) is 36.4 Å². The van der Waals surface area contributed by atoms with E-state index in [2.05, 4.69) is 10.6 Å². The lowest BCUT2D eigenvalue weighted by molar-refractivity contribution is 0.101. The Hall–Kier alpha value is -3.66. The first kappa shape index (κ1) is 29.3. The normalized spacial score (nSPS) is 11.6. The third kappa shape index (κ3) is 7.94. The van der Waals surface area contributed by atoms with Crippen molar-refractivity contribution in [2.24, 2.45) is 10.3 Å². The Morgan fingerprint density at radius 2 is 0.900 bits per heavy atom. The molecule has 2 amide bonds. The molecule has 0 radical (unpaired) electrons. The fraction of sp³-hybridized carbons (Fsp3) is 0. The van der Waals surface area contributed by atoms with Gasteiger partial charge in [-0.2, -0.15) is 0 Å². The molecular weight excluding hydrogens is 593 g/mol. The van der Waals surface area contributed by atoms with E-state index < -0.39 is 20.0 Å². The van der Waals surface area contributed by atoms with Gasteiger partial charge in [0.25, 0.3) is 11.8 Å². The molecule has 14 heteroatoms. The molecule has 0 saturated heterocycles. The van der Waals surface area contributed by atoms with E-state index in [-0.39, 0.29) is 21.6 Å². The summed E-state index contributed by atoms with van der Waals surface area (Å²) in [5.74, 6) is -0.738. The molecule has 40 heavy (non-hydrogen) atoms. The average Bonchev–Trinajstić information content (AvgIpc) is 2.92. The maximum Gasteiger partial charge on any atom is 0.255 e. The fourth-order valence-corrected chi connectivity index (χ4v) is 6.38. The quantitative estimate of drug-likeness (QED) is 0.202. The number of rotatable bonds is 9. The molecule has 6 N–H and O–H groups in total. The van der Waals surface area contributed by atoms with E-state index in [1.807, 2.05) is 12.1 Å². The molecule has 0 aliphatic heterocycles. The Balaban J connectivity index is 1.37. The summed E-state index contributed by atoms with van der Waals surface area (Å²) < 4.78 is 45.6. The van der Waals surface area contributed by atoms with Gasteiger partial charge in [-0.3, -0.25) is 9.59 Å². The molecule has 10 nitrogen and oxygen atoms in total. The summed E-state index contributed by atoms with van der Waals surface area (Å²) >= 11 is 0. The van der Waals surface area contributed by atoms with Gasteiger partial charge in [-0.25, -0.2) is 27.1 Å². The van der Waals surface area contributed by atoms with Gasteiger partial charge in [0.15, 0.2) is 0 Å². The second-order valence-corrected chi connectivity index (χ2v) is 13.7. The van der Waals surface area contributed by atoms with Crippen LogP contribution in [0.15, 0.2) is 117 Å². The highest BCUT2D eigenvalue weighted by molar-refractivity contribution is 8.76. The van der Waals surface area contributed by atoms with Crippen molar-refractivity contribution in [3.05, 3.63) is 108 Å². The number of primary sulfonamides is 2. The van der Waals surface area contributed by atoms with E-state index >= 15 is 0 Å². The van der Waals surface area contributed by atoms with Gasteiger partial charge in [0.05, 0.1) is 9.79 Å². The monoisotopic (exact) mass is 614 g/mol. The summed E-state index contributed by atoms with van der Waals surface area (Å²) in [6.07, 6.45) is 0. The van der Waals surface area contributed by atoms with E-state index in [0.29, 0.717) is 22.5 Å². The van der Waals surface area contributed by atoms with Crippen molar-refractivity contribution in [1.82, 2.24) is 0 Å². The van der Waals surface area contributed by atoms with Crippen LogP contribution in [0.5, 0.6) is 0 Å². The van der Waals surface area contributed by atoms with Crippen molar-refractivity contribution < 1.29 is 26.4 Å². The molecule has 0 bridgehead atoms. The summed E-state index contributed by atoms with van der Waals surface area (Å²) in [5.41, 5.74) is 1.64. The van der Waals surface area contributed by atoms with E-state index in [9.17, 15) is 26.4 Å². The first-order chi connectivity index (χ1) is 18.9. The molecule has 0 aliphatic rings. The largest absolute Gasteiger partial charge is 0.322 e. The number of carbonyl (C=O) groups is 2. The van der Waals surface area contributed by atoms with Crippen molar-refractivity contribution in [3.63, 3.8) is 0 Å². The summed E-state index contributed by atoms with van der Waals surface area (Å²) in [6, 6.07) is 25.0. The van der Waals surface area contributed by atoms with Gasteiger partial charge < -0.3 is 10.6 Å². The molecule has 0 unspecified atom stereocenters. The van der Waals surface area contributed by atoms with Crippen LogP contribution < -0.4 is 20.9 Å². The maximum absolute atomic E-state index is 12.7. The van der Waals surface area contributed by atoms with Gasteiger partial charge in [0.2, 0.25) is 20.0 Å². The summed E-state index contributed by atoms with van der Waals surface area (Å²) in [7, 11) is -4.85. The van der Waals surface area contributed by atoms with Crippen LogP contribution in [0, 0.1) is 0 Å². The van der Waals surface area contributed by atoms with Crippen molar-refractivity contribution in [2.45, 2.75) is 19.6 Å². The summed E-state index contributed by atoms with van der Waals surface area (Å²) in [4.78, 5) is 26.9. The fourth-order valence-electron chi connectivity index (χ4n) is 3.34. The van der Waals surface area contributed by atoms with Crippen LogP contribution in [0.1, 0.15) is 20.7 Å². The maximum atomic E-state index is 12.7. The minimum Gasteiger partial charge on any atom is -0.322 e. The lowest BCUT2D eigenvalue weighted by atomic mass is 10.2. The Bertz CT molecular complexity index is 1640. The van der Waals surface area contributed by atoms with Gasteiger partial charge in [-0.1, -0.05) is 33.7 Å². The first-order valence-corrected chi connectivity index (χ1v) is 16.6. The number of benzene rings is 4. The molecular formula is C26H22N4O6S4.